The molecule has 1 N–H and O–H groups in total. The van der Waals surface area contributed by atoms with Crippen LogP contribution in [0.3, 0.4) is 0 Å². The summed E-state index contributed by atoms with van der Waals surface area (Å²) in [4.78, 5) is 27.4. The minimum Gasteiger partial charge on any atom is -0.408 e. The van der Waals surface area contributed by atoms with Gasteiger partial charge in [0.15, 0.2) is 5.58 Å². The maximum absolute atomic E-state index is 11.9. The summed E-state index contributed by atoms with van der Waals surface area (Å²) in [6.45, 7) is 2.92. The lowest BCUT2D eigenvalue weighted by molar-refractivity contribution is -0.129. The molecule has 0 aliphatic heterocycles. The van der Waals surface area contributed by atoms with E-state index in [4.69, 9.17) is 4.42 Å². The van der Waals surface area contributed by atoms with Crippen molar-refractivity contribution in [2.24, 2.45) is 0 Å². The number of fused-ring (bicyclic) bond motifs is 1. The fourth-order valence-corrected chi connectivity index (χ4v) is 2.12. The van der Waals surface area contributed by atoms with Gasteiger partial charge in [-0.15, -0.1) is 0 Å². The molecule has 2 rings (SSSR count). The topological polar surface area (TPSA) is 66.3 Å². The molecule has 108 valence electrons. The number of aromatic nitrogens is 1. The number of nitrogens with zero attached hydrogens (tertiary/aromatic N) is 1. The number of H-pyrrole nitrogens is 1. The van der Waals surface area contributed by atoms with Crippen LogP contribution >= 0.6 is 0 Å². The van der Waals surface area contributed by atoms with Crippen molar-refractivity contribution in [2.75, 3.05) is 13.6 Å². The van der Waals surface area contributed by atoms with E-state index in [1.54, 1.807) is 11.0 Å². The Morgan fingerprint density at radius 1 is 1.40 bits per heavy atom. The van der Waals surface area contributed by atoms with E-state index < -0.39 is 5.76 Å². The Morgan fingerprint density at radius 3 is 2.95 bits per heavy atom. The van der Waals surface area contributed by atoms with E-state index in [-0.39, 0.29) is 5.91 Å². The van der Waals surface area contributed by atoms with Gasteiger partial charge in [-0.05, 0) is 30.5 Å². The number of carbonyl (C=O) groups excluding carboxylic acids is 1. The van der Waals surface area contributed by atoms with Gasteiger partial charge < -0.3 is 9.32 Å². The van der Waals surface area contributed by atoms with Crippen molar-refractivity contribution in [1.29, 1.82) is 0 Å². The molecule has 20 heavy (non-hydrogen) atoms. The minimum atomic E-state index is -0.451. The fraction of sp³-hybridized carbons (Fsp3) is 0.467. The Bertz CT molecular complexity index is 642. The molecule has 0 saturated carbocycles. The molecule has 0 radical (unpaired) electrons. The highest BCUT2D eigenvalue weighted by molar-refractivity contribution is 5.77. The van der Waals surface area contributed by atoms with Gasteiger partial charge in [-0.25, -0.2) is 4.79 Å². The summed E-state index contributed by atoms with van der Waals surface area (Å²) in [6, 6.07) is 5.51. The second kappa shape index (κ2) is 6.41. The van der Waals surface area contributed by atoms with Gasteiger partial charge >= 0.3 is 5.76 Å². The van der Waals surface area contributed by atoms with Crippen molar-refractivity contribution in [3.8, 4) is 0 Å². The smallest absolute Gasteiger partial charge is 0.408 e. The van der Waals surface area contributed by atoms with Crippen LogP contribution in [0.4, 0.5) is 0 Å². The van der Waals surface area contributed by atoms with Gasteiger partial charge in [0.05, 0.1) is 5.52 Å². The summed E-state index contributed by atoms with van der Waals surface area (Å²) >= 11 is 0. The monoisotopic (exact) mass is 276 g/mol. The minimum absolute atomic E-state index is 0.152. The lowest BCUT2D eigenvalue weighted by atomic mass is 10.1. The predicted octanol–water partition coefficient (Wildman–Crippen LogP) is 2.31. The van der Waals surface area contributed by atoms with E-state index in [1.807, 2.05) is 19.2 Å². The number of rotatable bonds is 6. The first-order chi connectivity index (χ1) is 9.60. The first-order valence-electron chi connectivity index (χ1n) is 6.96. The molecule has 5 heteroatoms. The van der Waals surface area contributed by atoms with Crippen LogP contribution in [0.25, 0.3) is 11.1 Å². The highest BCUT2D eigenvalue weighted by Crippen LogP contribution is 2.14. The number of hydrogen-bond acceptors (Lipinski definition) is 3. The number of carbonyl (C=O) groups is 1. The first kappa shape index (κ1) is 14.4. The van der Waals surface area contributed by atoms with Crippen LogP contribution in [-0.4, -0.2) is 29.4 Å². The maximum Gasteiger partial charge on any atom is 0.417 e. The van der Waals surface area contributed by atoms with Gasteiger partial charge in [0, 0.05) is 20.0 Å². The Balaban J connectivity index is 1.94. The molecule has 5 nitrogen and oxygen atoms in total. The zero-order valence-corrected chi connectivity index (χ0v) is 11.9. The van der Waals surface area contributed by atoms with E-state index in [2.05, 4.69) is 11.9 Å². The molecule has 1 aromatic heterocycles. The third kappa shape index (κ3) is 3.50. The number of benzene rings is 1. The second-order valence-electron chi connectivity index (χ2n) is 5.01. The third-order valence-corrected chi connectivity index (χ3v) is 3.38. The predicted molar refractivity (Wildman–Crippen MR) is 77.7 cm³/mol. The highest BCUT2D eigenvalue weighted by atomic mass is 16.4. The number of aromatic amines is 1. The van der Waals surface area contributed by atoms with Crippen molar-refractivity contribution in [2.45, 2.75) is 32.6 Å². The van der Waals surface area contributed by atoms with Crippen LogP contribution in [0.2, 0.25) is 0 Å². The molecule has 0 saturated heterocycles. The number of unbranched alkanes of at least 4 members (excludes halogenated alkanes) is 1. The summed E-state index contributed by atoms with van der Waals surface area (Å²) in [5.41, 5.74) is 2.25. The van der Waals surface area contributed by atoms with E-state index >= 15 is 0 Å². The Kier molecular flexibility index (Phi) is 4.61. The molecular formula is C15H20N2O3. The van der Waals surface area contributed by atoms with Crippen molar-refractivity contribution < 1.29 is 9.21 Å². The first-order valence-corrected chi connectivity index (χ1v) is 6.96. The quantitative estimate of drug-likeness (QED) is 0.880. The van der Waals surface area contributed by atoms with Crippen LogP contribution in [0.15, 0.2) is 27.4 Å². The summed E-state index contributed by atoms with van der Waals surface area (Å²) in [5, 5.41) is 0. The summed E-state index contributed by atoms with van der Waals surface area (Å²) < 4.78 is 4.94. The fourth-order valence-electron chi connectivity index (χ4n) is 2.12. The number of hydrogen-bond donors (Lipinski definition) is 1. The molecule has 0 aliphatic rings. The normalized spacial score (nSPS) is 10.9. The van der Waals surface area contributed by atoms with Gasteiger partial charge in [-0.2, -0.15) is 0 Å². The summed E-state index contributed by atoms with van der Waals surface area (Å²) in [6.07, 6.45) is 3.26. The zero-order valence-electron chi connectivity index (χ0n) is 11.9. The Morgan fingerprint density at radius 2 is 2.20 bits per heavy atom. The molecule has 0 spiro atoms. The van der Waals surface area contributed by atoms with Crippen LogP contribution in [-0.2, 0) is 11.2 Å². The van der Waals surface area contributed by atoms with E-state index in [0.717, 1.165) is 24.9 Å². The second-order valence-corrected chi connectivity index (χ2v) is 5.01. The maximum atomic E-state index is 11.9. The lowest BCUT2D eigenvalue weighted by Crippen LogP contribution is -2.27. The average molecular weight is 276 g/mol. The van der Waals surface area contributed by atoms with Crippen molar-refractivity contribution in [3.05, 3.63) is 34.3 Å². The molecule has 0 atom stereocenters. The molecule has 0 aliphatic carbocycles. The number of amides is 1. The van der Waals surface area contributed by atoms with Crippen LogP contribution in [0.5, 0.6) is 0 Å². The Hall–Kier alpha value is -2.04. The van der Waals surface area contributed by atoms with E-state index in [9.17, 15) is 9.59 Å². The van der Waals surface area contributed by atoms with Crippen molar-refractivity contribution in [1.82, 2.24) is 9.88 Å². The average Bonchev–Trinajstić information content (AvgIpc) is 2.81. The van der Waals surface area contributed by atoms with Gasteiger partial charge in [-0.3, -0.25) is 9.78 Å². The van der Waals surface area contributed by atoms with E-state index in [1.165, 1.54) is 0 Å². The largest absolute Gasteiger partial charge is 0.417 e. The lowest BCUT2D eigenvalue weighted by Gasteiger charge is -2.16. The Labute approximate surface area is 117 Å². The van der Waals surface area contributed by atoms with Crippen LogP contribution in [0, 0.1) is 0 Å². The standard InChI is InChI=1S/C15H20N2O3/c1-3-4-9-17(2)14(18)8-6-11-5-7-13-12(10-11)16-15(19)20-13/h5,7,10H,3-4,6,8-9H2,1-2H3,(H,16,19). The summed E-state index contributed by atoms with van der Waals surface area (Å²) in [5.74, 6) is -0.299. The molecule has 0 bridgehead atoms. The highest BCUT2D eigenvalue weighted by Gasteiger charge is 2.09. The van der Waals surface area contributed by atoms with Gasteiger partial charge in [0.1, 0.15) is 0 Å². The number of nitrogens with one attached hydrogen (secondary N) is 1. The van der Waals surface area contributed by atoms with Crippen LogP contribution in [0.1, 0.15) is 31.7 Å². The molecule has 1 heterocycles. The van der Waals surface area contributed by atoms with Crippen LogP contribution < -0.4 is 5.76 Å². The molecule has 0 fully saturated rings. The van der Waals surface area contributed by atoms with E-state index in [0.29, 0.717) is 23.9 Å². The molecule has 0 unspecified atom stereocenters. The number of oxazole rings is 1. The van der Waals surface area contributed by atoms with Gasteiger partial charge in [-0.1, -0.05) is 19.4 Å². The number of aryl methyl sites for hydroxylation is 1. The molecule has 1 aromatic carbocycles. The molecular weight excluding hydrogens is 256 g/mol. The molecule has 1 amide bonds. The summed E-state index contributed by atoms with van der Waals surface area (Å²) in [7, 11) is 1.84. The third-order valence-electron chi connectivity index (χ3n) is 3.38. The van der Waals surface area contributed by atoms with Crippen molar-refractivity contribution >= 4 is 17.0 Å². The zero-order chi connectivity index (χ0) is 14.5. The van der Waals surface area contributed by atoms with Gasteiger partial charge in [0.2, 0.25) is 5.91 Å². The SMILES string of the molecule is CCCCN(C)C(=O)CCc1ccc2oc(=O)[nH]c2c1. The van der Waals surface area contributed by atoms with Crippen molar-refractivity contribution in [3.63, 3.8) is 0 Å². The van der Waals surface area contributed by atoms with Gasteiger partial charge in [0.25, 0.3) is 0 Å². The molecule has 2 aromatic rings.